The molecule has 0 fully saturated rings. The highest BCUT2D eigenvalue weighted by Gasteiger charge is 2.16. The Kier molecular flexibility index (Phi) is 4.22. The molecule has 0 aliphatic heterocycles. The Bertz CT molecular complexity index is 689. The molecule has 2 aromatic carbocycles. The van der Waals surface area contributed by atoms with E-state index in [1.807, 2.05) is 22.6 Å². The van der Waals surface area contributed by atoms with Gasteiger partial charge >= 0.3 is 0 Å². The summed E-state index contributed by atoms with van der Waals surface area (Å²) < 4.78 is 27.9. The third kappa shape index (κ3) is 2.90. The fourth-order valence-corrected chi connectivity index (χ4v) is 1.95. The maximum Gasteiger partial charge on any atom is 0.255 e. The van der Waals surface area contributed by atoms with Crippen LogP contribution in [0, 0.1) is 22.1 Å². The van der Waals surface area contributed by atoms with Gasteiger partial charge in [-0.05, 0) is 59.3 Å². The number of hydrogen-bond acceptors (Lipinski definition) is 2. The highest BCUT2D eigenvalue weighted by atomic mass is 127. The number of aromatic hydroxyl groups is 1. The van der Waals surface area contributed by atoms with E-state index >= 15 is 0 Å². The molecule has 1 amide bonds. The minimum Gasteiger partial charge on any atom is -0.507 e. The molecule has 0 aliphatic rings. The molecule has 0 radical (unpaired) electrons. The number of phenolic OH excluding ortho intramolecular Hbond substituents is 1. The number of amides is 1. The number of aryl methyl sites for hydroxylation is 1. The van der Waals surface area contributed by atoms with Crippen LogP contribution in [0.25, 0.3) is 0 Å². The zero-order valence-electron chi connectivity index (χ0n) is 10.4. The predicted molar refractivity (Wildman–Crippen MR) is 79.9 cm³/mol. The Morgan fingerprint density at radius 1 is 1.25 bits per heavy atom. The summed E-state index contributed by atoms with van der Waals surface area (Å²) in [5.41, 5.74) is -0.150. The first-order chi connectivity index (χ1) is 9.40. The Hall–Kier alpha value is -1.70. The van der Waals surface area contributed by atoms with Crippen LogP contribution in [0.3, 0.4) is 0 Å². The largest absolute Gasteiger partial charge is 0.507 e. The maximum atomic E-state index is 13.8. The van der Waals surface area contributed by atoms with Crippen molar-refractivity contribution in [2.24, 2.45) is 0 Å². The molecule has 3 nitrogen and oxygen atoms in total. The molecule has 104 valence electrons. The van der Waals surface area contributed by atoms with Crippen LogP contribution in [-0.4, -0.2) is 11.0 Å². The Morgan fingerprint density at radius 3 is 2.60 bits per heavy atom. The van der Waals surface area contributed by atoms with E-state index in [0.29, 0.717) is 3.57 Å². The topological polar surface area (TPSA) is 49.3 Å². The lowest BCUT2D eigenvalue weighted by molar-refractivity contribution is 0.102. The summed E-state index contributed by atoms with van der Waals surface area (Å²) >= 11 is 1.90. The normalized spacial score (nSPS) is 10.4. The number of hydrogen-bond donors (Lipinski definition) is 2. The quantitative estimate of drug-likeness (QED) is 0.768. The first-order valence-corrected chi connectivity index (χ1v) is 6.72. The smallest absolute Gasteiger partial charge is 0.255 e. The lowest BCUT2D eigenvalue weighted by Gasteiger charge is -2.09. The van der Waals surface area contributed by atoms with E-state index in [0.717, 1.165) is 6.07 Å². The molecule has 0 saturated heterocycles. The molecule has 0 aromatic heterocycles. The van der Waals surface area contributed by atoms with E-state index in [4.69, 9.17) is 0 Å². The highest BCUT2D eigenvalue weighted by molar-refractivity contribution is 14.1. The van der Waals surface area contributed by atoms with Crippen molar-refractivity contribution in [3.8, 4) is 5.75 Å². The molecule has 0 bridgehead atoms. The van der Waals surface area contributed by atoms with Crippen LogP contribution in [0.2, 0.25) is 0 Å². The minimum atomic E-state index is -0.851. The van der Waals surface area contributed by atoms with Crippen LogP contribution in [0.1, 0.15) is 15.9 Å². The summed E-state index contributed by atoms with van der Waals surface area (Å²) in [6.45, 7) is 1.47. The van der Waals surface area contributed by atoms with E-state index in [1.165, 1.54) is 31.2 Å². The highest BCUT2D eigenvalue weighted by Crippen LogP contribution is 2.24. The van der Waals surface area contributed by atoms with Crippen molar-refractivity contribution in [1.29, 1.82) is 0 Å². The molecule has 2 rings (SSSR count). The molecule has 0 saturated carbocycles. The van der Waals surface area contributed by atoms with Crippen LogP contribution >= 0.6 is 22.6 Å². The molecule has 2 aromatic rings. The molecule has 0 unspecified atom stereocenters. The van der Waals surface area contributed by atoms with Gasteiger partial charge in [-0.25, -0.2) is 8.78 Å². The average molecular weight is 389 g/mol. The van der Waals surface area contributed by atoms with Crippen LogP contribution in [0.15, 0.2) is 30.3 Å². The van der Waals surface area contributed by atoms with Crippen LogP contribution in [-0.2, 0) is 0 Å². The van der Waals surface area contributed by atoms with Crippen LogP contribution in [0.5, 0.6) is 5.75 Å². The number of halogens is 3. The lowest BCUT2D eigenvalue weighted by Crippen LogP contribution is -2.14. The van der Waals surface area contributed by atoms with E-state index in [2.05, 4.69) is 5.32 Å². The van der Waals surface area contributed by atoms with Crippen molar-refractivity contribution in [2.45, 2.75) is 6.92 Å². The standard InChI is InChI=1S/C14H10F2INO2/c1-7-2-4-9(15)13(12(7)16)18-14(20)8-3-5-10(17)11(19)6-8/h2-6,19H,1H3,(H,18,20). The number of anilines is 1. The number of carbonyl (C=O) groups excluding carboxylic acids is 1. The van der Waals surface area contributed by atoms with E-state index < -0.39 is 23.2 Å². The molecule has 20 heavy (non-hydrogen) atoms. The molecule has 0 aliphatic carbocycles. The number of phenols is 1. The monoisotopic (exact) mass is 389 g/mol. The zero-order valence-corrected chi connectivity index (χ0v) is 12.5. The second kappa shape index (κ2) is 5.74. The molecule has 0 heterocycles. The zero-order chi connectivity index (χ0) is 14.9. The van der Waals surface area contributed by atoms with Gasteiger partial charge in [-0.3, -0.25) is 4.79 Å². The van der Waals surface area contributed by atoms with Gasteiger partial charge in [0.1, 0.15) is 17.3 Å². The molecule has 0 atom stereocenters. The van der Waals surface area contributed by atoms with Crippen molar-refractivity contribution in [1.82, 2.24) is 0 Å². The fraction of sp³-hybridized carbons (Fsp3) is 0.0714. The molecule has 2 N–H and O–H groups in total. The van der Waals surface area contributed by atoms with Gasteiger partial charge in [0.25, 0.3) is 5.91 Å². The summed E-state index contributed by atoms with van der Waals surface area (Å²) in [7, 11) is 0. The maximum absolute atomic E-state index is 13.8. The number of carbonyl (C=O) groups is 1. The first-order valence-electron chi connectivity index (χ1n) is 5.64. The molecule has 6 heteroatoms. The number of nitrogens with one attached hydrogen (secondary N) is 1. The second-order valence-corrected chi connectivity index (χ2v) is 5.34. The number of rotatable bonds is 2. The van der Waals surface area contributed by atoms with Crippen molar-refractivity contribution in [3.05, 3.63) is 56.7 Å². The SMILES string of the molecule is Cc1ccc(F)c(NC(=O)c2ccc(I)c(O)c2)c1F. The summed E-state index contributed by atoms with van der Waals surface area (Å²) in [6, 6.07) is 6.61. The number of benzene rings is 2. The molecule has 0 spiro atoms. The van der Waals surface area contributed by atoms with Crippen LogP contribution < -0.4 is 5.32 Å². The summed E-state index contributed by atoms with van der Waals surface area (Å²) in [6.07, 6.45) is 0. The van der Waals surface area contributed by atoms with E-state index in [9.17, 15) is 18.7 Å². The van der Waals surface area contributed by atoms with Gasteiger partial charge in [0, 0.05) is 5.56 Å². The van der Waals surface area contributed by atoms with Gasteiger partial charge in [-0.2, -0.15) is 0 Å². The van der Waals surface area contributed by atoms with Gasteiger partial charge in [0.05, 0.1) is 3.57 Å². The summed E-state index contributed by atoms with van der Waals surface area (Å²) in [5.74, 6) is -2.42. The van der Waals surface area contributed by atoms with Crippen LogP contribution in [0.4, 0.5) is 14.5 Å². The third-order valence-electron chi connectivity index (χ3n) is 2.73. The van der Waals surface area contributed by atoms with E-state index in [-0.39, 0.29) is 16.9 Å². The average Bonchev–Trinajstić information content (AvgIpc) is 2.42. The van der Waals surface area contributed by atoms with Gasteiger partial charge in [0.2, 0.25) is 0 Å². The third-order valence-corrected chi connectivity index (χ3v) is 3.64. The lowest BCUT2D eigenvalue weighted by atomic mass is 10.1. The fourth-order valence-electron chi connectivity index (χ4n) is 1.61. The van der Waals surface area contributed by atoms with Crippen molar-refractivity contribution in [3.63, 3.8) is 0 Å². The Balaban J connectivity index is 2.32. The Labute approximate surface area is 127 Å². The van der Waals surface area contributed by atoms with Gasteiger partial charge in [-0.15, -0.1) is 0 Å². The summed E-state index contributed by atoms with van der Waals surface area (Å²) in [5, 5.41) is 11.7. The molecular formula is C14H10F2INO2. The Morgan fingerprint density at radius 2 is 1.95 bits per heavy atom. The predicted octanol–water partition coefficient (Wildman–Crippen LogP) is 3.84. The van der Waals surface area contributed by atoms with E-state index in [1.54, 1.807) is 0 Å². The summed E-state index contributed by atoms with van der Waals surface area (Å²) in [4.78, 5) is 11.9. The van der Waals surface area contributed by atoms with Gasteiger partial charge in [-0.1, -0.05) is 6.07 Å². The minimum absolute atomic E-state index is 0.0663. The first kappa shape index (κ1) is 14.7. The van der Waals surface area contributed by atoms with Crippen molar-refractivity contribution >= 4 is 34.2 Å². The second-order valence-electron chi connectivity index (χ2n) is 4.17. The molecular weight excluding hydrogens is 379 g/mol. The van der Waals surface area contributed by atoms with Crippen molar-refractivity contribution < 1.29 is 18.7 Å². The van der Waals surface area contributed by atoms with Crippen molar-refractivity contribution in [2.75, 3.05) is 5.32 Å². The van der Waals surface area contributed by atoms with Gasteiger partial charge < -0.3 is 10.4 Å². The van der Waals surface area contributed by atoms with Gasteiger partial charge in [0.15, 0.2) is 5.82 Å².